The molecule has 6 nitrogen and oxygen atoms in total. The number of carbonyl (C=O) groups is 1. The highest BCUT2D eigenvalue weighted by atomic mass is 32.2. The molecule has 2 N–H and O–H groups in total. The number of pyridine rings is 1. The normalized spacial score (nSPS) is 13.2. The highest BCUT2D eigenvalue weighted by molar-refractivity contribution is 7.89. The van der Waals surface area contributed by atoms with E-state index in [1.54, 1.807) is 30.5 Å². The minimum Gasteiger partial charge on any atom is -0.481 e. The summed E-state index contributed by atoms with van der Waals surface area (Å²) < 4.78 is 26.8. The van der Waals surface area contributed by atoms with Crippen molar-refractivity contribution in [3.8, 4) is 0 Å². The van der Waals surface area contributed by atoms with Crippen molar-refractivity contribution < 1.29 is 18.3 Å². The molecule has 0 fully saturated rings. The van der Waals surface area contributed by atoms with Gasteiger partial charge in [0.1, 0.15) is 0 Å². The third kappa shape index (κ3) is 2.94. The van der Waals surface area contributed by atoms with Crippen molar-refractivity contribution in [1.29, 1.82) is 0 Å². The maximum Gasteiger partial charge on any atom is 0.307 e. The summed E-state index contributed by atoms with van der Waals surface area (Å²) in [6.45, 7) is 1.28. The van der Waals surface area contributed by atoms with Crippen LogP contribution in [0.25, 0.3) is 10.9 Å². The highest BCUT2D eigenvalue weighted by Gasteiger charge is 2.20. The lowest BCUT2D eigenvalue weighted by molar-refractivity contribution is -0.140. The van der Waals surface area contributed by atoms with Crippen LogP contribution in [0, 0.1) is 5.92 Å². The average molecular weight is 294 g/mol. The van der Waals surface area contributed by atoms with Gasteiger partial charge in [-0.25, -0.2) is 13.1 Å². The third-order valence-electron chi connectivity index (χ3n) is 2.90. The SMILES string of the molecule is CC(CNS(=O)(=O)c1cccc2ncccc12)C(=O)O. The number of aliphatic carboxylic acids is 1. The molecule has 0 amide bonds. The first kappa shape index (κ1) is 14.4. The first-order valence-corrected chi connectivity index (χ1v) is 7.46. The van der Waals surface area contributed by atoms with E-state index >= 15 is 0 Å². The molecule has 0 bridgehead atoms. The van der Waals surface area contributed by atoms with Crippen LogP contribution in [0.4, 0.5) is 0 Å². The molecule has 106 valence electrons. The maximum absolute atomic E-state index is 12.2. The number of sulfonamides is 1. The van der Waals surface area contributed by atoms with Gasteiger partial charge in [-0.05, 0) is 24.3 Å². The lowest BCUT2D eigenvalue weighted by atomic mass is 10.2. The molecular weight excluding hydrogens is 280 g/mol. The van der Waals surface area contributed by atoms with E-state index in [0.29, 0.717) is 10.9 Å². The monoisotopic (exact) mass is 294 g/mol. The Hall–Kier alpha value is -1.99. The zero-order valence-electron chi connectivity index (χ0n) is 10.8. The number of nitrogens with zero attached hydrogens (tertiary/aromatic N) is 1. The second-order valence-corrected chi connectivity index (χ2v) is 6.15. The molecule has 0 aliphatic carbocycles. The van der Waals surface area contributed by atoms with Gasteiger partial charge in [-0.1, -0.05) is 13.0 Å². The number of aromatic nitrogens is 1. The molecule has 0 spiro atoms. The van der Waals surface area contributed by atoms with Crippen LogP contribution in [0.3, 0.4) is 0 Å². The summed E-state index contributed by atoms with van der Waals surface area (Å²) in [5.74, 6) is -1.84. The molecule has 20 heavy (non-hydrogen) atoms. The van der Waals surface area contributed by atoms with Crippen molar-refractivity contribution in [2.24, 2.45) is 5.92 Å². The van der Waals surface area contributed by atoms with Gasteiger partial charge in [0.05, 0.1) is 16.3 Å². The summed E-state index contributed by atoms with van der Waals surface area (Å²) in [5, 5.41) is 9.28. The Bertz CT molecular complexity index is 738. The van der Waals surface area contributed by atoms with E-state index in [1.807, 2.05) is 0 Å². The lowest BCUT2D eigenvalue weighted by Crippen LogP contribution is -2.31. The molecular formula is C13H14N2O4S. The first-order chi connectivity index (χ1) is 9.42. The van der Waals surface area contributed by atoms with E-state index < -0.39 is 21.9 Å². The van der Waals surface area contributed by atoms with Crippen LogP contribution < -0.4 is 4.72 Å². The summed E-state index contributed by atoms with van der Waals surface area (Å²) in [6.07, 6.45) is 1.58. The van der Waals surface area contributed by atoms with Crippen LogP contribution in [0.2, 0.25) is 0 Å². The van der Waals surface area contributed by atoms with E-state index in [2.05, 4.69) is 9.71 Å². The molecule has 0 saturated carbocycles. The Morgan fingerprint density at radius 3 is 2.80 bits per heavy atom. The van der Waals surface area contributed by atoms with E-state index in [0.717, 1.165) is 0 Å². The van der Waals surface area contributed by atoms with Gasteiger partial charge < -0.3 is 5.11 Å². The second kappa shape index (κ2) is 5.56. The van der Waals surface area contributed by atoms with E-state index in [4.69, 9.17) is 5.11 Å². The molecule has 0 radical (unpaired) electrons. The second-order valence-electron chi connectivity index (χ2n) is 4.42. The van der Waals surface area contributed by atoms with E-state index in [1.165, 1.54) is 13.0 Å². The summed E-state index contributed by atoms with van der Waals surface area (Å²) in [6, 6.07) is 8.11. The predicted molar refractivity (Wildman–Crippen MR) is 73.7 cm³/mol. The molecule has 0 saturated heterocycles. The number of fused-ring (bicyclic) bond motifs is 1. The third-order valence-corrected chi connectivity index (χ3v) is 4.38. The number of hydrogen-bond acceptors (Lipinski definition) is 4. The van der Waals surface area contributed by atoms with Crippen molar-refractivity contribution in [3.63, 3.8) is 0 Å². The molecule has 2 aromatic rings. The number of nitrogens with one attached hydrogen (secondary N) is 1. The van der Waals surface area contributed by atoms with Crippen LogP contribution in [-0.2, 0) is 14.8 Å². The number of benzene rings is 1. The first-order valence-electron chi connectivity index (χ1n) is 5.98. The van der Waals surface area contributed by atoms with Crippen LogP contribution in [-0.4, -0.2) is 31.0 Å². The molecule has 2 rings (SSSR count). The molecule has 1 aromatic carbocycles. The maximum atomic E-state index is 12.2. The summed E-state index contributed by atoms with van der Waals surface area (Å²) >= 11 is 0. The molecule has 1 unspecified atom stereocenters. The van der Waals surface area contributed by atoms with Crippen molar-refractivity contribution in [3.05, 3.63) is 36.5 Å². The van der Waals surface area contributed by atoms with Gasteiger partial charge in [0.25, 0.3) is 0 Å². The molecule has 1 aromatic heterocycles. The lowest BCUT2D eigenvalue weighted by Gasteiger charge is -2.11. The number of carboxylic acids is 1. The topological polar surface area (TPSA) is 96.4 Å². The Kier molecular flexibility index (Phi) is 4.01. The molecule has 7 heteroatoms. The van der Waals surface area contributed by atoms with Crippen LogP contribution in [0.15, 0.2) is 41.4 Å². The standard InChI is InChI=1S/C13H14N2O4S/c1-9(13(16)17)8-15-20(18,19)12-6-2-5-11-10(12)4-3-7-14-11/h2-7,9,15H,8H2,1H3,(H,16,17). The summed E-state index contributed by atoms with van der Waals surface area (Å²) in [7, 11) is -3.77. The molecule has 0 aliphatic heterocycles. The summed E-state index contributed by atoms with van der Waals surface area (Å²) in [4.78, 5) is 14.9. The number of hydrogen-bond donors (Lipinski definition) is 2. The Morgan fingerprint density at radius 1 is 1.35 bits per heavy atom. The fraction of sp³-hybridized carbons (Fsp3) is 0.231. The average Bonchev–Trinajstić information content (AvgIpc) is 2.44. The Labute approximate surface area is 116 Å². The van der Waals surface area contributed by atoms with Crippen LogP contribution in [0.1, 0.15) is 6.92 Å². The minimum absolute atomic E-state index is 0.0979. The van der Waals surface area contributed by atoms with Gasteiger partial charge in [0, 0.05) is 18.1 Å². The van der Waals surface area contributed by atoms with Gasteiger partial charge in [-0.2, -0.15) is 0 Å². The smallest absolute Gasteiger partial charge is 0.307 e. The van der Waals surface area contributed by atoms with Crippen LogP contribution in [0.5, 0.6) is 0 Å². The Morgan fingerprint density at radius 2 is 2.10 bits per heavy atom. The highest BCUT2D eigenvalue weighted by Crippen LogP contribution is 2.20. The van der Waals surface area contributed by atoms with Gasteiger partial charge in [0.2, 0.25) is 10.0 Å². The van der Waals surface area contributed by atoms with Crippen molar-refractivity contribution in [1.82, 2.24) is 9.71 Å². The quantitative estimate of drug-likeness (QED) is 0.864. The fourth-order valence-electron chi connectivity index (χ4n) is 1.71. The zero-order valence-corrected chi connectivity index (χ0v) is 11.6. The summed E-state index contributed by atoms with van der Waals surface area (Å²) in [5.41, 5.74) is 0.571. The van der Waals surface area contributed by atoms with Gasteiger partial charge >= 0.3 is 5.97 Å². The molecule has 0 aliphatic rings. The van der Waals surface area contributed by atoms with Crippen molar-refractivity contribution in [2.45, 2.75) is 11.8 Å². The van der Waals surface area contributed by atoms with Crippen molar-refractivity contribution in [2.75, 3.05) is 6.54 Å². The fourth-order valence-corrected chi connectivity index (χ4v) is 3.05. The number of carboxylic acid groups (broad SMARTS) is 1. The number of rotatable bonds is 5. The van der Waals surface area contributed by atoms with Crippen molar-refractivity contribution >= 4 is 26.9 Å². The zero-order chi connectivity index (χ0) is 14.8. The predicted octanol–water partition coefficient (Wildman–Crippen LogP) is 1.23. The van der Waals surface area contributed by atoms with E-state index in [-0.39, 0.29) is 11.4 Å². The van der Waals surface area contributed by atoms with E-state index in [9.17, 15) is 13.2 Å². The molecule has 1 atom stereocenters. The van der Waals surface area contributed by atoms with Gasteiger partial charge in [-0.15, -0.1) is 0 Å². The van der Waals surface area contributed by atoms with Gasteiger partial charge in [-0.3, -0.25) is 9.78 Å². The largest absolute Gasteiger partial charge is 0.481 e. The van der Waals surface area contributed by atoms with Crippen LogP contribution >= 0.6 is 0 Å². The molecule has 1 heterocycles. The minimum atomic E-state index is -3.77. The Balaban J connectivity index is 2.35. The van der Waals surface area contributed by atoms with Gasteiger partial charge in [0.15, 0.2) is 0 Å².